The van der Waals surface area contributed by atoms with Gasteiger partial charge < -0.3 is 4.74 Å². The van der Waals surface area contributed by atoms with Gasteiger partial charge >= 0.3 is 0 Å². The molecule has 100 valence electrons. The SMILES string of the molecule is COc1ccc(C(Cl)c2ccc(F)cc2F)c(F)c1. The number of alkyl halides is 1. The van der Waals surface area contributed by atoms with Crippen molar-refractivity contribution in [2.45, 2.75) is 5.38 Å². The predicted molar refractivity (Wildman–Crippen MR) is 67.0 cm³/mol. The molecule has 0 radical (unpaired) electrons. The molecule has 1 atom stereocenters. The first-order chi connectivity index (χ1) is 9.02. The molecule has 2 rings (SSSR count). The van der Waals surface area contributed by atoms with Crippen LogP contribution in [0, 0.1) is 17.5 Å². The maximum Gasteiger partial charge on any atom is 0.131 e. The minimum Gasteiger partial charge on any atom is -0.497 e. The first-order valence-corrected chi connectivity index (χ1v) is 5.89. The molecule has 1 nitrogen and oxygen atoms in total. The van der Waals surface area contributed by atoms with Crippen LogP contribution < -0.4 is 4.74 Å². The Labute approximate surface area is 113 Å². The lowest BCUT2D eigenvalue weighted by Crippen LogP contribution is -2.01. The molecule has 19 heavy (non-hydrogen) atoms. The van der Waals surface area contributed by atoms with Crippen LogP contribution in [0.1, 0.15) is 16.5 Å². The molecule has 0 N–H and O–H groups in total. The van der Waals surface area contributed by atoms with E-state index in [1.165, 1.54) is 25.3 Å². The van der Waals surface area contributed by atoms with Crippen molar-refractivity contribution in [3.63, 3.8) is 0 Å². The van der Waals surface area contributed by atoms with Crippen LogP contribution in [0.4, 0.5) is 13.2 Å². The summed E-state index contributed by atoms with van der Waals surface area (Å²) in [5.41, 5.74) is 0.125. The van der Waals surface area contributed by atoms with Crippen molar-refractivity contribution in [2.75, 3.05) is 7.11 Å². The fourth-order valence-electron chi connectivity index (χ4n) is 1.71. The van der Waals surface area contributed by atoms with Crippen molar-refractivity contribution in [3.05, 3.63) is 65.0 Å². The van der Waals surface area contributed by atoms with E-state index in [0.717, 1.165) is 12.1 Å². The largest absolute Gasteiger partial charge is 0.497 e. The molecule has 0 amide bonds. The molecule has 0 saturated heterocycles. The number of halogens is 4. The van der Waals surface area contributed by atoms with Crippen molar-refractivity contribution in [3.8, 4) is 5.75 Å². The van der Waals surface area contributed by atoms with Crippen molar-refractivity contribution in [1.29, 1.82) is 0 Å². The second kappa shape index (κ2) is 5.53. The van der Waals surface area contributed by atoms with E-state index in [0.29, 0.717) is 11.8 Å². The molecule has 0 heterocycles. The maximum atomic E-state index is 13.8. The Morgan fingerprint density at radius 1 is 0.947 bits per heavy atom. The van der Waals surface area contributed by atoms with E-state index >= 15 is 0 Å². The van der Waals surface area contributed by atoms with Crippen molar-refractivity contribution < 1.29 is 17.9 Å². The highest BCUT2D eigenvalue weighted by atomic mass is 35.5. The van der Waals surface area contributed by atoms with Gasteiger partial charge in [0.2, 0.25) is 0 Å². The van der Waals surface area contributed by atoms with Gasteiger partial charge in [0.15, 0.2) is 0 Å². The third-order valence-corrected chi connectivity index (χ3v) is 3.19. The summed E-state index contributed by atoms with van der Waals surface area (Å²) >= 11 is 6.05. The first-order valence-electron chi connectivity index (χ1n) is 5.45. The highest BCUT2D eigenvalue weighted by Crippen LogP contribution is 2.33. The Morgan fingerprint density at radius 2 is 1.53 bits per heavy atom. The zero-order chi connectivity index (χ0) is 14.0. The van der Waals surface area contributed by atoms with E-state index in [4.69, 9.17) is 16.3 Å². The summed E-state index contributed by atoms with van der Waals surface area (Å²) < 4.78 is 45.1. The molecule has 0 aliphatic heterocycles. The first kappa shape index (κ1) is 13.7. The van der Waals surface area contributed by atoms with Crippen molar-refractivity contribution in [1.82, 2.24) is 0 Å². The fraction of sp³-hybridized carbons (Fsp3) is 0.143. The van der Waals surface area contributed by atoms with Gasteiger partial charge in [0.05, 0.1) is 12.5 Å². The van der Waals surface area contributed by atoms with Gasteiger partial charge in [0.25, 0.3) is 0 Å². The number of rotatable bonds is 3. The molecule has 1 unspecified atom stereocenters. The quantitative estimate of drug-likeness (QED) is 0.758. The Balaban J connectivity index is 2.41. The highest BCUT2D eigenvalue weighted by Gasteiger charge is 2.19. The van der Waals surface area contributed by atoms with Gasteiger partial charge in [0, 0.05) is 23.3 Å². The number of methoxy groups -OCH3 is 1. The van der Waals surface area contributed by atoms with Crippen molar-refractivity contribution in [2.24, 2.45) is 0 Å². The Hall–Kier alpha value is -1.68. The summed E-state index contributed by atoms with van der Waals surface area (Å²) in [4.78, 5) is 0. The number of ether oxygens (including phenoxy) is 1. The number of benzene rings is 2. The third kappa shape index (κ3) is 2.84. The second-order valence-electron chi connectivity index (χ2n) is 3.92. The summed E-state index contributed by atoms with van der Waals surface area (Å²) in [5, 5.41) is -1.04. The topological polar surface area (TPSA) is 9.23 Å². The lowest BCUT2D eigenvalue weighted by molar-refractivity contribution is 0.410. The Kier molecular flexibility index (Phi) is 4.00. The van der Waals surface area contributed by atoms with Crippen molar-refractivity contribution >= 4 is 11.6 Å². The average molecular weight is 287 g/mol. The van der Waals surface area contributed by atoms with E-state index in [1.54, 1.807) is 0 Å². The van der Waals surface area contributed by atoms with Crippen LogP contribution in [0.15, 0.2) is 36.4 Å². The molecule has 2 aromatic rings. The molecule has 0 fully saturated rings. The summed E-state index contributed by atoms with van der Waals surface area (Å²) in [7, 11) is 1.41. The lowest BCUT2D eigenvalue weighted by Gasteiger charge is -2.13. The fourth-order valence-corrected chi connectivity index (χ4v) is 2.07. The van der Waals surface area contributed by atoms with E-state index in [2.05, 4.69) is 0 Å². The molecule has 0 aliphatic rings. The predicted octanol–water partition coefficient (Wildman–Crippen LogP) is 4.44. The summed E-state index contributed by atoms with van der Waals surface area (Å²) in [6, 6.07) is 7.09. The second-order valence-corrected chi connectivity index (χ2v) is 4.35. The van der Waals surface area contributed by atoms with Crippen LogP contribution >= 0.6 is 11.6 Å². The van der Waals surface area contributed by atoms with Gasteiger partial charge in [-0.1, -0.05) is 12.1 Å². The van der Waals surface area contributed by atoms with Gasteiger partial charge in [0.1, 0.15) is 23.2 Å². The number of hydrogen-bond donors (Lipinski definition) is 0. The molecule has 0 saturated carbocycles. The third-order valence-electron chi connectivity index (χ3n) is 2.72. The van der Waals surface area contributed by atoms with Gasteiger partial charge in [-0.05, 0) is 12.1 Å². The lowest BCUT2D eigenvalue weighted by atomic mass is 10.0. The molecular weight excluding hydrogens is 277 g/mol. The zero-order valence-corrected chi connectivity index (χ0v) is 10.7. The monoisotopic (exact) mass is 286 g/mol. The molecule has 0 aliphatic carbocycles. The van der Waals surface area contributed by atoms with Crippen LogP contribution in [0.25, 0.3) is 0 Å². The van der Waals surface area contributed by atoms with Crippen LogP contribution in [0.3, 0.4) is 0 Å². The van der Waals surface area contributed by atoms with E-state index in [1.807, 2.05) is 0 Å². The molecule has 0 bridgehead atoms. The molecule has 0 spiro atoms. The minimum atomic E-state index is -1.04. The van der Waals surface area contributed by atoms with E-state index in [9.17, 15) is 13.2 Å². The number of hydrogen-bond acceptors (Lipinski definition) is 1. The van der Waals surface area contributed by atoms with Crippen LogP contribution in [0.5, 0.6) is 5.75 Å². The standard InChI is InChI=1S/C14H10ClF3O/c1-19-9-3-5-11(13(18)7-9)14(15)10-4-2-8(16)6-12(10)17/h2-7,14H,1H3. The normalized spacial score (nSPS) is 12.3. The maximum absolute atomic E-state index is 13.8. The highest BCUT2D eigenvalue weighted by molar-refractivity contribution is 6.22. The minimum absolute atomic E-state index is 0.0205. The van der Waals surface area contributed by atoms with Gasteiger partial charge in [-0.2, -0.15) is 0 Å². The summed E-state index contributed by atoms with van der Waals surface area (Å²) in [5.74, 6) is -1.79. The summed E-state index contributed by atoms with van der Waals surface area (Å²) in [6.07, 6.45) is 0. The zero-order valence-electron chi connectivity index (χ0n) is 9.96. The van der Waals surface area contributed by atoms with E-state index < -0.39 is 22.8 Å². The molecular formula is C14H10ClF3O. The Bertz CT molecular complexity index is 601. The van der Waals surface area contributed by atoms with Crippen LogP contribution in [0.2, 0.25) is 0 Å². The molecule has 2 aromatic carbocycles. The van der Waals surface area contributed by atoms with Crippen LogP contribution in [-0.4, -0.2) is 7.11 Å². The summed E-state index contributed by atoms with van der Waals surface area (Å²) in [6.45, 7) is 0. The molecule has 5 heteroatoms. The van der Waals surface area contributed by atoms with E-state index in [-0.39, 0.29) is 11.1 Å². The smallest absolute Gasteiger partial charge is 0.131 e. The van der Waals surface area contributed by atoms with Crippen LogP contribution in [-0.2, 0) is 0 Å². The van der Waals surface area contributed by atoms with Gasteiger partial charge in [-0.25, -0.2) is 13.2 Å². The Morgan fingerprint density at radius 3 is 2.05 bits per heavy atom. The molecule has 0 aromatic heterocycles. The average Bonchev–Trinajstić information content (AvgIpc) is 2.37. The van der Waals surface area contributed by atoms with Gasteiger partial charge in [-0.3, -0.25) is 0 Å². The van der Waals surface area contributed by atoms with Gasteiger partial charge in [-0.15, -0.1) is 11.6 Å².